The predicted molar refractivity (Wildman–Crippen MR) is 141 cm³/mol. The van der Waals surface area contributed by atoms with Gasteiger partial charge in [0.2, 0.25) is 0 Å². The summed E-state index contributed by atoms with van der Waals surface area (Å²) in [6.07, 6.45) is 9.74. The van der Waals surface area contributed by atoms with Crippen LogP contribution >= 0.6 is 0 Å². The average Bonchev–Trinajstić information content (AvgIpc) is 3.45. The van der Waals surface area contributed by atoms with Crippen molar-refractivity contribution >= 4 is 46.1 Å². The number of aromatic nitrogens is 5. The molecule has 1 N–H and O–H groups in total. The molecule has 0 bridgehead atoms. The largest absolute Gasteiger partial charge is 0.481 e. The minimum absolute atomic E-state index is 0.132. The molecule has 38 heavy (non-hydrogen) atoms. The van der Waals surface area contributed by atoms with Crippen molar-refractivity contribution in [3.8, 4) is 11.6 Å². The van der Waals surface area contributed by atoms with Crippen molar-refractivity contribution in [3.63, 3.8) is 0 Å². The molecule has 4 aromatic heterocycles. The Hall–Kier alpha value is -4.86. The van der Waals surface area contributed by atoms with Crippen LogP contribution in [0.3, 0.4) is 0 Å². The van der Waals surface area contributed by atoms with Gasteiger partial charge in [-0.25, -0.2) is 14.8 Å². The van der Waals surface area contributed by atoms with Gasteiger partial charge >= 0.3 is 12.1 Å². The number of hydrogen-bond donors (Lipinski definition) is 1. The zero-order valence-corrected chi connectivity index (χ0v) is 21.1. The first-order chi connectivity index (χ1) is 18.2. The quantitative estimate of drug-likeness (QED) is 0.309. The zero-order chi connectivity index (χ0) is 26.9. The van der Waals surface area contributed by atoms with Gasteiger partial charge in [-0.15, -0.1) is 0 Å². The van der Waals surface area contributed by atoms with Gasteiger partial charge in [0.15, 0.2) is 17.2 Å². The lowest BCUT2D eigenvalue weighted by Gasteiger charge is -2.19. The smallest absolute Gasteiger partial charge is 0.435 e. The SMILES string of the molecule is CC(C)(C)OC(=O)n1nc(CCC(=O)O)c2c(/C=C\c3c(-c4ncccn4)oc4cnccc34)cccc21. The summed E-state index contributed by atoms with van der Waals surface area (Å²) in [6.45, 7) is 5.32. The predicted octanol–water partition coefficient (Wildman–Crippen LogP) is 5.61. The highest BCUT2D eigenvalue weighted by molar-refractivity contribution is 6.00. The number of benzene rings is 1. The molecule has 5 aromatic rings. The average molecular weight is 512 g/mol. The fourth-order valence-corrected chi connectivity index (χ4v) is 4.15. The third kappa shape index (κ3) is 5.01. The van der Waals surface area contributed by atoms with Gasteiger partial charge in [-0.2, -0.15) is 9.78 Å². The van der Waals surface area contributed by atoms with E-state index >= 15 is 0 Å². The van der Waals surface area contributed by atoms with E-state index in [0.717, 1.165) is 16.5 Å². The van der Waals surface area contributed by atoms with Gasteiger partial charge in [0.1, 0.15) is 5.60 Å². The fraction of sp³-hybridized carbons (Fsp3) is 0.214. The molecule has 10 nitrogen and oxygen atoms in total. The number of fused-ring (bicyclic) bond motifs is 2. The van der Waals surface area contributed by atoms with Crippen molar-refractivity contribution in [1.82, 2.24) is 24.7 Å². The maximum absolute atomic E-state index is 12.9. The van der Waals surface area contributed by atoms with Gasteiger partial charge in [0.05, 0.1) is 23.8 Å². The van der Waals surface area contributed by atoms with Crippen molar-refractivity contribution < 1.29 is 23.8 Å². The molecule has 0 amide bonds. The second-order valence-corrected chi connectivity index (χ2v) is 9.60. The summed E-state index contributed by atoms with van der Waals surface area (Å²) in [5.74, 6) is -0.0296. The Kier molecular flexibility index (Phi) is 6.46. The molecule has 0 aliphatic carbocycles. The molecular weight excluding hydrogens is 486 g/mol. The molecule has 0 aliphatic heterocycles. The van der Waals surface area contributed by atoms with Crippen LogP contribution in [0.15, 0.2) is 59.5 Å². The standard InChI is InChI=1S/C28H25N5O5/c1-28(2,3)38-27(36)33-21-7-4-6-17(24(21)20(32-33)10-11-23(34)35)8-9-19-18-12-15-29-16-22(18)37-25(19)26-30-13-5-14-31-26/h4-9,12-16H,10-11H2,1-3H3,(H,34,35)/b9-8-. The lowest BCUT2D eigenvalue weighted by molar-refractivity contribution is -0.136. The van der Waals surface area contributed by atoms with Crippen LogP contribution in [0.1, 0.15) is 44.0 Å². The van der Waals surface area contributed by atoms with E-state index in [1.807, 2.05) is 30.4 Å². The summed E-state index contributed by atoms with van der Waals surface area (Å²) in [5.41, 5.74) is 2.39. The Labute approximate surface area is 217 Å². The second kappa shape index (κ2) is 9.89. The lowest BCUT2D eigenvalue weighted by atomic mass is 10.0. The number of furan rings is 1. The second-order valence-electron chi connectivity index (χ2n) is 9.60. The van der Waals surface area contributed by atoms with E-state index in [1.165, 1.54) is 4.68 Å². The first-order valence-corrected chi connectivity index (χ1v) is 12.0. The number of carbonyl (C=O) groups excluding carboxylic acids is 1. The molecule has 0 saturated heterocycles. The minimum atomic E-state index is -0.955. The van der Waals surface area contributed by atoms with Crippen molar-refractivity contribution in [3.05, 3.63) is 71.9 Å². The first kappa shape index (κ1) is 24.8. The maximum atomic E-state index is 12.9. The molecule has 0 atom stereocenters. The first-order valence-electron chi connectivity index (χ1n) is 12.0. The summed E-state index contributed by atoms with van der Waals surface area (Å²) < 4.78 is 12.8. The van der Waals surface area contributed by atoms with Crippen molar-refractivity contribution in [2.45, 2.75) is 39.2 Å². The molecule has 0 spiro atoms. The molecule has 0 aliphatic rings. The highest BCUT2D eigenvalue weighted by Gasteiger charge is 2.23. The summed E-state index contributed by atoms with van der Waals surface area (Å²) in [7, 11) is 0. The molecule has 0 saturated carbocycles. The van der Waals surface area contributed by atoms with E-state index in [2.05, 4.69) is 20.1 Å². The van der Waals surface area contributed by atoms with Crippen LogP contribution in [-0.2, 0) is 16.0 Å². The number of aryl methyl sites for hydroxylation is 1. The summed E-state index contributed by atoms with van der Waals surface area (Å²) >= 11 is 0. The number of pyridine rings is 1. The van der Waals surface area contributed by atoms with E-state index in [4.69, 9.17) is 9.15 Å². The summed E-state index contributed by atoms with van der Waals surface area (Å²) in [5, 5.41) is 15.3. The fourth-order valence-electron chi connectivity index (χ4n) is 4.15. The molecule has 0 fully saturated rings. The molecule has 0 radical (unpaired) electrons. The van der Waals surface area contributed by atoms with Gasteiger partial charge < -0.3 is 14.3 Å². The highest BCUT2D eigenvalue weighted by Crippen LogP contribution is 2.34. The number of ether oxygens (including phenoxy) is 1. The number of aliphatic carboxylic acids is 1. The number of carboxylic acid groups (broad SMARTS) is 1. The normalized spacial score (nSPS) is 12.0. The van der Waals surface area contributed by atoms with E-state index in [0.29, 0.717) is 33.8 Å². The van der Waals surface area contributed by atoms with E-state index < -0.39 is 17.7 Å². The van der Waals surface area contributed by atoms with Gasteiger partial charge in [-0.3, -0.25) is 9.78 Å². The Balaban J connectivity index is 1.65. The topological polar surface area (TPSA) is 133 Å². The monoisotopic (exact) mass is 511 g/mol. The van der Waals surface area contributed by atoms with E-state index in [9.17, 15) is 14.7 Å². The molecule has 10 heteroatoms. The summed E-state index contributed by atoms with van der Waals surface area (Å²) in [6, 6.07) is 9.03. The Bertz CT molecular complexity index is 1680. The van der Waals surface area contributed by atoms with Crippen LogP contribution in [0, 0.1) is 0 Å². The zero-order valence-electron chi connectivity index (χ0n) is 21.1. The third-order valence-corrected chi connectivity index (χ3v) is 5.68. The molecule has 192 valence electrons. The van der Waals surface area contributed by atoms with Gasteiger partial charge in [0.25, 0.3) is 0 Å². The Morgan fingerprint density at radius 1 is 1.08 bits per heavy atom. The van der Waals surface area contributed by atoms with Crippen LogP contribution in [0.2, 0.25) is 0 Å². The number of rotatable bonds is 6. The van der Waals surface area contributed by atoms with Crippen LogP contribution in [-0.4, -0.2) is 47.5 Å². The van der Waals surface area contributed by atoms with Crippen molar-refractivity contribution in [2.24, 2.45) is 0 Å². The number of carboxylic acids is 1. The number of carbonyl (C=O) groups is 2. The minimum Gasteiger partial charge on any atom is -0.481 e. The van der Waals surface area contributed by atoms with E-state index in [-0.39, 0.29) is 12.8 Å². The van der Waals surface area contributed by atoms with Gasteiger partial charge in [-0.05, 0) is 50.6 Å². The van der Waals surface area contributed by atoms with Crippen LogP contribution < -0.4 is 0 Å². The molecule has 1 aromatic carbocycles. The lowest BCUT2D eigenvalue weighted by Crippen LogP contribution is -2.27. The van der Waals surface area contributed by atoms with E-state index in [1.54, 1.807) is 57.7 Å². The van der Waals surface area contributed by atoms with Crippen LogP contribution in [0.4, 0.5) is 4.79 Å². The van der Waals surface area contributed by atoms with Crippen molar-refractivity contribution in [2.75, 3.05) is 0 Å². The molecular formula is C28H25N5O5. The molecule has 0 unspecified atom stereocenters. The Morgan fingerprint density at radius 3 is 2.61 bits per heavy atom. The molecule has 4 heterocycles. The van der Waals surface area contributed by atoms with Crippen molar-refractivity contribution in [1.29, 1.82) is 0 Å². The van der Waals surface area contributed by atoms with Gasteiger partial charge in [0, 0.05) is 41.3 Å². The molecule has 5 rings (SSSR count). The number of hydrogen-bond acceptors (Lipinski definition) is 8. The summed E-state index contributed by atoms with van der Waals surface area (Å²) in [4.78, 5) is 37.1. The highest BCUT2D eigenvalue weighted by atomic mass is 16.6. The number of nitrogens with zero attached hydrogens (tertiary/aromatic N) is 5. The maximum Gasteiger partial charge on any atom is 0.435 e. The van der Waals surface area contributed by atoms with Crippen LogP contribution in [0.5, 0.6) is 0 Å². The van der Waals surface area contributed by atoms with Crippen LogP contribution in [0.25, 0.3) is 45.6 Å². The third-order valence-electron chi connectivity index (χ3n) is 5.68. The Morgan fingerprint density at radius 2 is 1.87 bits per heavy atom. The van der Waals surface area contributed by atoms with Gasteiger partial charge in [-0.1, -0.05) is 18.2 Å².